The zero-order valence-corrected chi connectivity index (χ0v) is 21.0. The maximum atomic E-state index is 13.2. The van der Waals surface area contributed by atoms with Crippen LogP contribution in [0.5, 0.6) is 23.0 Å². The molecule has 0 unspecified atom stereocenters. The maximum Gasteiger partial charge on any atom is 0.261 e. The topological polar surface area (TPSA) is 71.8 Å². The minimum Gasteiger partial charge on any atom is -0.497 e. The second-order valence-corrected chi connectivity index (χ2v) is 8.30. The Labute approximate surface area is 214 Å². The van der Waals surface area contributed by atoms with Crippen molar-refractivity contribution >= 4 is 28.6 Å². The predicted octanol–water partition coefficient (Wildman–Crippen LogP) is 5.45. The summed E-state index contributed by atoms with van der Waals surface area (Å²) in [5.41, 5.74) is 2.67. The van der Waals surface area contributed by atoms with Gasteiger partial charge < -0.3 is 18.9 Å². The van der Waals surface area contributed by atoms with Gasteiger partial charge in [0.15, 0.2) is 11.5 Å². The highest BCUT2D eigenvalue weighted by Gasteiger charge is 2.19. The lowest BCUT2D eigenvalue weighted by molar-refractivity contribution is 0.256. The van der Waals surface area contributed by atoms with Crippen molar-refractivity contribution in [3.05, 3.63) is 94.5 Å². The minimum absolute atomic E-state index is 0.216. The molecule has 36 heavy (non-hydrogen) atoms. The second kappa shape index (κ2) is 11.6. The van der Waals surface area contributed by atoms with Crippen LogP contribution in [0.25, 0.3) is 17.0 Å². The number of ether oxygens (including phenoxy) is 4. The summed E-state index contributed by atoms with van der Waals surface area (Å²) in [6.45, 7) is 4.83. The highest BCUT2D eigenvalue weighted by molar-refractivity contribution is 6.17. The van der Waals surface area contributed by atoms with Gasteiger partial charge in [-0.3, -0.25) is 9.36 Å². The van der Waals surface area contributed by atoms with E-state index in [-0.39, 0.29) is 18.8 Å². The van der Waals surface area contributed by atoms with Crippen LogP contribution < -0.4 is 24.5 Å². The van der Waals surface area contributed by atoms with Crippen LogP contribution in [-0.4, -0.2) is 29.7 Å². The first-order valence-electron chi connectivity index (χ1n) is 11.3. The summed E-state index contributed by atoms with van der Waals surface area (Å²) in [5, 5.41) is 0.402. The summed E-state index contributed by atoms with van der Waals surface area (Å²) < 4.78 is 24.4. The molecule has 8 heteroatoms. The van der Waals surface area contributed by atoms with E-state index in [1.54, 1.807) is 26.4 Å². The first-order chi connectivity index (χ1) is 17.6. The molecular weight excluding hydrogens is 480 g/mol. The molecule has 7 nitrogen and oxygen atoms in total. The fourth-order valence-electron chi connectivity index (χ4n) is 3.76. The number of hydrogen-bond acceptors (Lipinski definition) is 6. The lowest BCUT2D eigenvalue weighted by Crippen LogP contribution is -2.22. The zero-order valence-electron chi connectivity index (χ0n) is 20.2. The monoisotopic (exact) mass is 506 g/mol. The van der Waals surface area contributed by atoms with Crippen molar-refractivity contribution in [2.45, 2.75) is 19.8 Å². The quantitative estimate of drug-likeness (QED) is 0.252. The maximum absolute atomic E-state index is 13.2. The van der Waals surface area contributed by atoms with Gasteiger partial charge in [0.25, 0.3) is 5.56 Å². The van der Waals surface area contributed by atoms with Crippen LogP contribution in [0.4, 0.5) is 0 Å². The standard InChI is InChI=1S/C28H27ClN2O5/c1-4-23-26-24(30-18-31(14-13-29)28(26)32)15-25(35-16-19-5-9-21(33-2)10-6-19)27(23)36-17-20-7-11-22(34-3)12-8-20/h4-12,15,18H,1,13-14,16-17H2,2-3H3. The number of aryl methyl sites for hydroxylation is 1. The van der Waals surface area contributed by atoms with Gasteiger partial charge in [-0.05, 0) is 35.4 Å². The largest absolute Gasteiger partial charge is 0.497 e. The molecule has 0 atom stereocenters. The summed E-state index contributed by atoms with van der Waals surface area (Å²) in [5.74, 6) is 2.69. The third kappa shape index (κ3) is 5.47. The van der Waals surface area contributed by atoms with Crippen molar-refractivity contribution in [1.82, 2.24) is 9.55 Å². The van der Waals surface area contributed by atoms with E-state index in [4.69, 9.17) is 30.5 Å². The highest BCUT2D eigenvalue weighted by Crippen LogP contribution is 2.38. The molecule has 0 amide bonds. The van der Waals surface area contributed by atoms with Gasteiger partial charge in [-0.15, -0.1) is 11.6 Å². The number of rotatable bonds is 11. The molecule has 0 N–H and O–H groups in total. The molecule has 0 aliphatic heterocycles. The summed E-state index contributed by atoms with van der Waals surface area (Å²) in [7, 11) is 3.24. The van der Waals surface area contributed by atoms with Gasteiger partial charge in [-0.25, -0.2) is 4.98 Å². The Kier molecular flexibility index (Phi) is 8.13. The third-order valence-electron chi connectivity index (χ3n) is 5.70. The number of benzene rings is 3. The van der Waals surface area contributed by atoms with Gasteiger partial charge in [-0.1, -0.05) is 36.9 Å². The van der Waals surface area contributed by atoms with Crippen LogP contribution in [0.15, 0.2) is 72.3 Å². The van der Waals surface area contributed by atoms with Crippen molar-refractivity contribution in [1.29, 1.82) is 0 Å². The molecule has 0 fully saturated rings. The van der Waals surface area contributed by atoms with E-state index < -0.39 is 0 Å². The zero-order chi connectivity index (χ0) is 25.5. The molecule has 0 aliphatic rings. The van der Waals surface area contributed by atoms with Crippen LogP contribution in [0.3, 0.4) is 0 Å². The van der Waals surface area contributed by atoms with Crippen molar-refractivity contribution < 1.29 is 18.9 Å². The normalized spacial score (nSPS) is 10.8. The molecule has 0 saturated carbocycles. The highest BCUT2D eigenvalue weighted by atomic mass is 35.5. The molecule has 1 aromatic heterocycles. The summed E-state index contributed by atoms with van der Waals surface area (Å²) >= 11 is 5.88. The van der Waals surface area contributed by atoms with Gasteiger partial charge in [0.1, 0.15) is 24.7 Å². The number of halogens is 1. The lowest BCUT2D eigenvalue weighted by Gasteiger charge is -2.18. The Morgan fingerprint density at radius 2 is 1.53 bits per heavy atom. The molecule has 186 valence electrons. The molecule has 0 spiro atoms. The Balaban J connectivity index is 1.74. The van der Waals surface area contributed by atoms with Gasteiger partial charge in [0.05, 0.1) is 31.4 Å². The minimum atomic E-state index is -0.216. The van der Waals surface area contributed by atoms with E-state index >= 15 is 0 Å². The van der Waals surface area contributed by atoms with E-state index in [0.717, 1.165) is 22.6 Å². The van der Waals surface area contributed by atoms with Crippen LogP contribution in [0, 0.1) is 0 Å². The molecule has 4 aromatic rings. The molecule has 0 bridgehead atoms. The summed E-state index contributed by atoms with van der Waals surface area (Å²) in [4.78, 5) is 17.7. The number of nitrogens with zero attached hydrogens (tertiary/aromatic N) is 2. The van der Waals surface area contributed by atoms with Crippen molar-refractivity contribution in [3.8, 4) is 23.0 Å². The number of fused-ring (bicyclic) bond motifs is 1. The molecular formula is C28H27ClN2O5. The smallest absolute Gasteiger partial charge is 0.261 e. The Morgan fingerprint density at radius 1 is 0.944 bits per heavy atom. The van der Waals surface area contributed by atoms with Crippen molar-refractivity contribution in [2.24, 2.45) is 0 Å². The van der Waals surface area contributed by atoms with E-state index in [1.165, 1.54) is 10.9 Å². The van der Waals surface area contributed by atoms with Gasteiger partial charge in [0, 0.05) is 24.1 Å². The average Bonchev–Trinajstić information content (AvgIpc) is 2.92. The predicted molar refractivity (Wildman–Crippen MR) is 141 cm³/mol. The molecule has 0 radical (unpaired) electrons. The molecule has 0 saturated heterocycles. The molecule has 3 aromatic carbocycles. The summed E-state index contributed by atoms with van der Waals surface area (Å²) in [6.07, 6.45) is 3.09. The number of hydrogen-bond donors (Lipinski definition) is 0. The fraction of sp³-hybridized carbons (Fsp3) is 0.214. The van der Waals surface area contributed by atoms with Gasteiger partial charge in [-0.2, -0.15) is 0 Å². The van der Waals surface area contributed by atoms with Crippen LogP contribution in [0.1, 0.15) is 16.7 Å². The van der Waals surface area contributed by atoms with Crippen LogP contribution in [0.2, 0.25) is 0 Å². The molecule has 0 aliphatic carbocycles. The molecule has 1 heterocycles. The van der Waals surface area contributed by atoms with Crippen molar-refractivity contribution in [2.75, 3.05) is 20.1 Å². The van der Waals surface area contributed by atoms with Gasteiger partial charge >= 0.3 is 0 Å². The SMILES string of the molecule is C=Cc1c(OCc2ccc(OC)cc2)c(OCc2ccc(OC)cc2)cc2ncn(CCCl)c(=O)c12. The fourth-order valence-corrected chi connectivity index (χ4v) is 3.94. The lowest BCUT2D eigenvalue weighted by atomic mass is 10.1. The molecule has 4 rings (SSSR count). The first kappa shape index (κ1) is 25.1. The van der Waals surface area contributed by atoms with Gasteiger partial charge in [0.2, 0.25) is 0 Å². The second-order valence-electron chi connectivity index (χ2n) is 7.92. The Hall–Kier alpha value is -3.97. The van der Waals surface area contributed by atoms with E-state index in [2.05, 4.69) is 11.6 Å². The van der Waals surface area contributed by atoms with Crippen molar-refractivity contribution in [3.63, 3.8) is 0 Å². The van der Waals surface area contributed by atoms with E-state index in [0.29, 0.717) is 40.4 Å². The number of aromatic nitrogens is 2. The van der Waals surface area contributed by atoms with E-state index in [1.807, 2.05) is 48.5 Å². The van der Waals surface area contributed by atoms with Crippen LogP contribution >= 0.6 is 11.6 Å². The average molecular weight is 507 g/mol. The summed E-state index contributed by atoms with van der Waals surface area (Å²) in [6, 6.07) is 16.9. The Bertz CT molecular complexity index is 1400. The third-order valence-corrected chi connectivity index (χ3v) is 5.87. The Morgan fingerprint density at radius 3 is 2.06 bits per heavy atom. The first-order valence-corrected chi connectivity index (χ1v) is 11.9. The van der Waals surface area contributed by atoms with Crippen LogP contribution in [-0.2, 0) is 19.8 Å². The van der Waals surface area contributed by atoms with E-state index in [9.17, 15) is 4.79 Å². The number of methoxy groups -OCH3 is 2. The number of alkyl halides is 1.